The second kappa shape index (κ2) is 12.7. The van der Waals surface area contributed by atoms with Crippen molar-refractivity contribution in [1.82, 2.24) is 15.4 Å². The number of nitrogens with one attached hydrogen (secondary N) is 3. The monoisotopic (exact) mass is 446 g/mol. The lowest BCUT2D eigenvalue weighted by Crippen LogP contribution is -2.36. The lowest BCUT2D eigenvalue weighted by atomic mass is 10.2. The molecule has 2 aromatic carbocycles. The first kappa shape index (κ1) is 24.4. The van der Waals surface area contributed by atoms with Crippen LogP contribution in [0, 0.1) is 0 Å². The summed E-state index contributed by atoms with van der Waals surface area (Å²) < 4.78 is 37.8. The number of methoxy groups -OCH3 is 1. The maximum atomic E-state index is 12.4. The highest BCUT2D eigenvalue weighted by molar-refractivity contribution is 7.89. The Labute approximate surface area is 184 Å². The minimum absolute atomic E-state index is 0.208. The number of benzene rings is 2. The van der Waals surface area contributed by atoms with Crippen molar-refractivity contribution in [3.8, 4) is 5.75 Å². The number of guanidine groups is 1. The van der Waals surface area contributed by atoms with Gasteiger partial charge in [0.2, 0.25) is 10.0 Å². The van der Waals surface area contributed by atoms with Crippen LogP contribution in [-0.4, -0.2) is 48.3 Å². The molecule has 0 aliphatic rings. The molecule has 0 radical (unpaired) electrons. The summed E-state index contributed by atoms with van der Waals surface area (Å²) >= 11 is 0. The molecule has 8 nitrogen and oxygen atoms in total. The Kier molecular flexibility index (Phi) is 10.0. The van der Waals surface area contributed by atoms with E-state index >= 15 is 0 Å². The largest absolute Gasteiger partial charge is 0.489 e. The van der Waals surface area contributed by atoms with E-state index in [-0.39, 0.29) is 11.4 Å². The quantitative estimate of drug-likeness (QED) is 0.200. The zero-order chi connectivity index (χ0) is 22.5. The van der Waals surface area contributed by atoms with Crippen molar-refractivity contribution >= 4 is 16.0 Å². The highest BCUT2D eigenvalue weighted by atomic mass is 32.2. The molecular weight excluding hydrogens is 416 g/mol. The van der Waals surface area contributed by atoms with Crippen LogP contribution in [0.25, 0.3) is 0 Å². The highest BCUT2D eigenvalue weighted by Crippen LogP contribution is 2.17. The standard InChI is InChI=1S/C22H30N4O4S/c1-4-13-30-21-11-6-5-9-19(21)17-25-22(23-2)24-16-18-8-7-10-20(15-18)31(27,28)26-12-14-29-3/h4-11,15,26H,1,12-14,16-17H2,2-3H3,(H2,23,24,25). The van der Waals surface area contributed by atoms with Gasteiger partial charge in [0.15, 0.2) is 5.96 Å². The SMILES string of the molecule is C=CCOc1ccccc1CNC(=NC)NCc1cccc(S(=O)(=O)NCCOC)c1. The number of hydrogen-bond donors (Lipinski definition) is 3. The normalized spacial score (nSPS) is 11.7. The van der Waals surface area contributed by atoms with Gasteiger partial charge in [0.25, 0.3) is 0 Å². The van der Waals surface area contributed by atoms with Crippen molar-refractivity contribution in [3.05, 3.63) is 72.3 Å². The molecule has 0 saturated carbocycles. The first-order chi connectivity index (χ1) is 15.0. The third-order valence-corrected chi connectivity index (χ3v) is 5.72. The first-order valence-electron chi connectivity index (χ1n) is 9.84. The molecule has 0 spiro atoms. The fourth-order valence-electron chi connectivity index (χ4n) is 2.71. The van der Waals surface area contributed by atoms with E-state index in [0.29, 0.717) is 32.3 Å². The van der Waals surface area contributed by atoms with Crippen molar-refractivity contribution in [2.24, 2.45) is 4.99 Å². The molecule has 3 N–H and O–H groups in total. The smallest absolute Gasteiger partial charge is 0.240 e. The molecule has 0 saturated heterocycles. The molecule has 9 heteroatoms. The molecule has 0 aliphatic carbocycles. The third kappa shape index (κ3) is 8.05. The van der Waals surface area contributed by atoms with Crippen molar-refractivity contribution in [2.45, 2.75) is 18.0 Å². The van der Waals surface area contributed by atoms with E-state index in [1.165, 1.54) is 7.11 Å². The molecule has 0 unspecified atom stereocenters. The molecule has 2 rings (SSSR count). The molecule has 2 aromatic rings. The number of para-hydroxylation sites is 1. The molecule has 0 aliphatic heterocycles. The summed E-state index contributed by atoms with van der Waals surface area (Å²) in [6.45, 7) is 5.56. The van der Waals surface area contributed by atoms with Gasteiger partial charge in [-0.2, -0.15) is 0 Å². The van der Waals surface area contributed by atoms with E-state index in [1.807, 2.05) is 30.3 Å². The summed E-state index contributed by atoms with van der Waals surface area (Å²) in [6, 6.07) is 14.5. The van der Waals surface area contributed by atoms with Gasteiger partial charge in [0, 0.05) is 39.4 Å². The zero-order valence-electron chi connectivity index (χ0n) is 17.9. The second-order valence-corrected chi connectivity index (χ2v) is 8.29. The van der Waals surface area contributed by atoms with E-state index < -0.39 is 10.0 Å². The number of nitrogens with zero attached hydrogens (tertiary/aromatic N) is 1. The Hall–Kier alpha value is -2.88. The first-order valence-corrected chi connectivity index (χ1v) is 11.3. The second-order valence-electron chi connectivity index (χ2n) is 6.52. The van der Waals surface area contributed by atoms with Gasteiger partial charge in [-0.05, 0) is 23.8 Å². The fraction of sp³-hybridized carbons (Fsp3) is 0.318. The van der Waals surface area contributed by atoms with Crippen LogP contribution in [0.4, 0.5) is 0 Å². The van der Waals surface area contributed by atoms with Gasteiger partial charge >= 0.3 is 0 Å². The summed E-state index contributed by atoms with van der Waals surface area (Å²) in [6.07, 6.45) is 1.70. The average molecular weight is 447 g/mol. The predicted octanol–water partition coefficient (Wildman–Crippen LogP) is 2.04. The van der Waals surface area contributed by atoms with Crippen molar-refractivity contribution in [2.75, 3.05) is 33.9 Å². The summed E-state index contributed by atoms with van der Waals surface area (Å²) in [5.74, 6) is 1.37. The molecular formula is C22H30N4O4S. The van der Waals surface area contributed by atoms with Crippen molar-refractivity contribution in [1.29, 1.82) is 0 Å². The summed E-state index contributed by atoms with van der Waals surface area (Å²) in [5, 5.41) is 6.44. The van der Waals surface area contributed by atoms with Crippen LogP contribution in [0.5, 0.6) is 5.75 Å². The van der Waals surface area contributed by atoms with E-state index in [2.05, 4.69) is 26.9 Å². The number of rotatable bonds is 12. The summed E-state index contributed by atoms with van der Waals surface area (Å²) in [4.78, 5) is 4.43. The van der Waals surface area contributed by atoms with E-state index in [1.54, 1.807) is 31.3 Å². The Balaban J connectivity index is 1.95. The fourth-order valence-corrected chi connectivity index (χ4v) is 3.79. The van der Waals surface area contributed by atoms with Crippen LogP contribution >= 0.6 is 0 Å². The lowest BCUT2D eigenvalue weighted by molar-refractivity contribution is 0.204. The van der Waals surface area contributed by atoms with E-state index in [0.717, 1.165) is 16.9 Å². The minimum atomic E-state index is -3.58. The van der Waals surface area contributed by atoms with E-state index in [4.69, 9.17) is 9.47 Å². The highest BCUT2D eigenvalue weighted by Gasteiger charge is 2.13. The topological polar surface area (TPSA) is 101 Å². The Morgan fingerprint density at radius 2 is 1.90 bits per heavy atom. The van der Waals surface area contributed by atoms with Crippen LogP contribution in [-0.2, 0) is 27.8 Å². The van der Waals surface area contributed by atoms with Gasteiger partial charge in [-0.15, -0.1) is 0 Å². The summed E-state index contributed by atoms with van der Waals surface area (Å²) in [5.41, 5.74) is 1.80. The molecule has 0 heterocycles. The average Bonchev–Trinajstić information content (AvgIpc) is 2.78. The van der Waals surface area contributed by atoms with Crippen molar-refractivity contribution in [3.63, 3.8) is 0 Å². The van der Waals surface area contributed by atoms with Gasteiger partial charge in [0.05, 0.1) is 11.5 Å². The molecule has 0 amide bonds. The van der Waals surface area contributed by atoms with Gasteiger partial charge in [-0.1, -0.05) is 43.0 Å². The lowest BCUT2D eigenvalue weighted by Gasteiger charge is -2.15. The number of aliphatic imine (C=N–C) groups is 1. The maximum Gasteiger partial charge on any atom is 0.240 e. The van der Waals surface area contributed by atoms with E-state index in [9.17, 15) is 8.42 Å². The van der Waals surface area contributed by atoms with Crippen LogP contribution in [0.3, 0.4) is 0 Å². The van der Waals surface area contributed by atoms with Gasteiger partial charge in [-0.3, -0.25) is 4.99 Å². The Morgan fingerprint density at radius 3 is 2.65 bits per heavy atom. The molecule has 168 valence electrons. The predicted molar refractivity (Wildman–Crippen MR) is 123 cm³/mol. The zero-order valence-corrected chi connectivity index (χ0v) is 18.7. The number of hydrogen-bond acceptors (Lipinski definition) is 5. The maximum absolute atomic E-state index is 12.4. The van der Waals surface area contributed by atoms with Gasteiger partial charge < -0.3 is 20.1 Å². The molecule has 0 fully saturated rings. The van der Waals surface area contributed by atoms with Gasteiger partial charge in [0.1, 0.15) is 12.4 Å². The minimum Gasteiger partial charge on any atom is -0.489 e. The third-order valence-electron chi connectivity index (χ3n) is 4.27. The van der Waals surface area contributed by atoms with Crippen LogP contribution in [0.2, 0.25) is 0 Å². The van der Waals surface area contributed by atoms with Crippen LogP contribution in [0.1, 0.15) is 11.1 Å². The van der Waals surface area contributed by atoms with Crippen LogP contribution < -0.4 is 20.1 Å². The molecule has 0 bridgehead atoms. The van der Waals surface area contributed by atoms with Crippen molar-refractivity contribution < 1.29 is 17.9 Å². The Bertz CT molecular complexity index is 977. The van der Waals surface area contributed by atoms with Gasteiger partial charge in [-0.25, -0.2) is 13.1 Å². The summed E-state index contributed by atoms with van der Waals surface area (Å²) in [7, 11) is -0.384. The number of ether oxygens (including phenoxy) is 2. The molecule has 0 aromatic heterocycles. The number of sulfonamides is 1. The molecule has 31 heavy (non-hydrogen) atoms. The van der Waals surface area contributed by atoms with Crippen LogP contribution in [0.15, 0.2) is 71.1 Å². The Morgan fingerprint density at radius 1 is 1.13 bits per heavy atom. The molecule has 0 atom stereocenters.